The Balaban J connectivity index is 1.32. The summed E-state index contributed by atoms with van der Waals surface area (Å²) < 4.78 is 2.70. The van der Waals surface area contributed by atoms with Gasteiger partial charge in [0.05, 0.1) is 0 Å². The Bertz CT molecular complexity index is 1600. The Morgan fingerprint density at radius 2 is 0.781 bits per heavy atom. The van der Waals surface area contributed by atoms with Crippen LogP contribution >= 0.6 is 22.7 Å². The van der Waals surface area contributed by atoms with Crippen LogP contribution in [0.15, 0.2) is 109 Å². The number of fused-ring (bicyclic) bond motifs is 4. The van der Waals surface area contributed by atoms with Gasteiger partial charge in [-0.1, -0.05) is 72.8 Å². The van der Waals surface area contributed by atoms with E-state index in [0.717, 1.165) is 0 Å². The maximum atomic E-state index is 2.36. The smallest absolute Gasteiger partial charge is 0.0356 e. The first-order chi connectivity index (χ1) is 15.8. The molecule has 7 rings (SSSR count). The maximum absolute atomic E-state index is 2.36. The van der Waals surface area contributed by atoms with Gasteiger partial charge in [-0.25, -0.2) is 0 Å². The van der Waals surface area contributed by atoms with Gasteiger partial charge >= 0.3 is 0 Å². The molecule has 0 atom stereocenters. The van der Waals surface area contributed by atoms with Gasteiger partial charge < -0.3 is 0 Å². The molecule has 0 spiro atoms. The molecule has 0 amide bonds. The molecule has 2 aromatic heterocycles. The van der Waals surface area contributed by atoms with Gasteiger partial charge in [-0.05, 0) is 79.8 Å². The maximum Gasteiger partial charge on any atom is 0.0356 e. The zero-order valence-electron chi connectivity index (χ0n) is 17.2. The molecule has 0 bridgehead atoms. The molecule has 0 aliphatic heterocycles. The van der Waals surface area contributed by atoms with E-state index < -0.39 is 0 Å². The van der Waals surface area contributed by atoms with Crippen molar-refractivity contribution in [2.75, 3.05) is 0 Å². The number of benzene rings is 5. The molecule has 150 valence electrons. The fraction of sp³-hybridized carbons (Fsp3) is 0. The Hall–Kier alpha value is -3.46. The Morgan fingerprint density at radius 1 is 0.344 bits per heavy atom. The van der Waals surface area contributed by atoms with Gasteiger partial charge in [0.15, 0.2) is 0 Å². The Kier molecular flexibility index (Phi) is 3.98. The lowest BCUT2D eigenvalue weighted by Gasteiger charge is -2.01. The number of thiophene rings is 2. The van der Waals surface area contributed by atoms with Gasteiger partial charge in [-0.3, -0.25) is 0 Å². The lowest BCUT2D eigenvalue weighted by molar-refractivity contribution is 1.74. The summed E-state index contributed by atoms with van der Waals surface area (Å²) in [5.41, 5.74) is 2.59. The van der Waals surface area contributed by atoms with Crippen molar-refractivity contribution >= 4 is 64.4 Å². The van der Waals surface area contributed by atoms with E-state index in [2.05, 4.69) is 109 Å². The monoisotopic (exact) mass is 442 g/mol. The van der Waals surface area contributed by atoms with Crippen molar-refractivity contribution in [3.05, 3.63) is 109 Å². The normalized spacial score (nSPS) is 11.8. The van der Waals surface area contributed by atoms with Gasteiger partial charge in [-0.2, -0.15) is 0 Å². The van der Waals surface area contributed by atoms with Crippen molar-refractivity contribution in [1.82, 2.24) is 0 Å². The molecule has 0 unspecified atom stereocenters. The van der Waals surface area contributed by atoms with Gasteiger partial charge in [-0.15, -0.1) is 22.7 Å². The van der Waals surface area contributed by atoms with E-state index in [1.54, 1.807) is 0 Å². The highest BCUT2D eigenvalue weighted by atomic mass is 32.1. The first-order valence-electron chi connectivity index (χ1n) is 10.8. The Morgan fingerprint density at radius 3 is 1.25 bits per heavy atom. The molecule has 0 saturated heterocycles. The van der Waals surface area contributed by atoms with Crippen LogP contribution in [0.2, 0.25) is 0 Å². The van der Waals surface area contributed by atoms with Gasteiger partial charge in [0.2, 0.25) is 0 Å². The summed E-state index contributed by atoms with van der Waals surface area (Å²) in [4.78, 5) is 2.66. The van der Waals surface area contributed by atoms with Crippen LogP contribution in [0.4, 0.5) is 0 Å². The van der Waals surface area contributed by atoms with E-state index in [9.17, 15) is 0 Å². The fourth-order valence-electron chi connectivity index (χ4n) is 4.54. The molecule has 0 saturated carbocycles. The minimum absolute atomic E-state index is 1.29. The van der Waals surface area contributed by atoms with Crippen molar-refractivity contribution in [3.8, 4) is 20.9 Å². The first kappa shape index (κ1) is 18.1. The van der Waals surface area contributed by atoms with E-state index in [-0.39, 0.29) is 0 Å². The van der Waals surface area contributed by atoms with Crippen LogP contribution in [0, 0.1) is 0 Å². The second kappa shape index (κ2) is 7.03. The van der Waals surface area contributed by atoms with E-state index >= 15 is 0 Å². The van der Waals surface area contributed by atoms with Crippen molar-refractivity contribution in [3.63, 3.8) is 0 Å². The van der Waals surface area contributed by atoms with Gasteiger partial charge in [0.1, 0.15) is 0 Å². The minimum atomic E-state index is 1.29. The molecule has 0 aliphatic carbocycles. The van der Waals surface area contributed by atoms with Crippen LogP contribution in [0.5, 0.6) is 0 Å². The second-order valence-corrected chi connectivity index (χ2v) is 10.4. The van der Waals surface area contributed by atoms with Crippen LogP contribution in [-0.2, 0) is 0 Å². The van der Waals surface area contributed by atoms with E-state index in [1.807, 2.05) is 22.7 Å². The molecular formula is C30H18S2. The third kappa shape index (κ3) is 2.96. The van der Waals surface area contributed by atoms with Crippen LogP contribution in [-0.4, -0.2) is 0 Å². The quantitative estimate of drug-likeness (QED) is 0.250. The van der Waals surface area contributed by atoms with E-state index in [0.29, 0.717) is 0 Å². The number of hydrogen-bond donors (Lipinski definition) is 0. The molecule has 32 heavy (non-hydrogen) atoms. The van der Waals surface area contributed by atoms with Crippen molar-refractivity contribution < 1.29 is 0 Å². The van der Waals surface area contributed by atoms with Gasteiger partial charge in [0.25, 0.3) is 0 Å². The molecule has 0 aliphatic rings. The van der Waals surface area contributed by atoms with Crippen LogP contribution in [0.3, 0.4) is 0 Å². The van der Waals surface area contributed by atoms with Crippen LogP contribution in [0.25, 0.3) is 62.6 Å². The zero-order valence-corrected chi connectivity index (χ0v) is 18.8. The molecule has 2 heteroatoms. The highest BCUT2D eigenvalue weighted by Gasteiger charge is 2.10. The lowest BCUT2D eigenvalue weighted by Crippen LogP contribution is -1.74. The van der Waals surface area contributed by atoms with Crippen molar-refractivity contribution in [2.24, 2.45) is 0 Å². The molecule has 0 nitrogen and oxygen atoms in total. The lowest BCUT2D eigenvalue weighted by atomic mass is 10.1. The zero-order chi connectivity index (χ0) is 21.1. The molecule has 7 aromatic rings. The van der Waals surface area contributed by atoms with E-state index in [1.165, 1.54) is 62.6 Å². The molecule has 0 fully saturated rings. The van der Waals surface area contributed by atoms with Crippen molar-refractivity contribution in [1.29, 1.82) is 0 Å². The summed E-state index contributed by atoms with van der Waals surface area (Å²) in [6.45, 7) is 0. The van der Waals surface area contributed by atoms with Crippen LogP contribution in [0.1, 0.15) is 0 Å². The summed E-state index contributed by atoms with van der Waals surface area (Å²) in [6.07, 6.45) is 0. The molecule has 0 radical (unpaired) electrons. The third-order valence-corrected chi connectivity index (χ3v) is 8.52. The largest absolute Gasteiger partial charge is 0.135 e. The van der Waals surface area contributed by atoms with E-state index in [4.69, 9.17) is 0 Å². The summed E-state index contributed by atoms with van der Waals surface area (Å²) in [5, 5.41) is 7.83. The second-order valence-electron chi connectivity index (χ2n) is 8.27. The SMILES string of the molecule is c1ccc2cc(-c3cc4cc5sc(-c6ccc7ccccc7c6)cc5cc4s3)ccc2c1. The van der Waals surface area contributed by atoms with Crippen molar-refractivity contribution in [2.45, 2.75) is 0 Å². The topological polar surface area (TPSA) is 0 Å². The number of rotatable bonds is 2. The van der Waals surface area contributed by atoms with Gasteiger partial charge in [0, 0.05) is 19.2 Å². The molecule has 5 aromatic carbocycles. The average molecular weight is 443 g/mol. The standard InChI is InChI=1S/C30H18S2/c1-3-7-21-13-23(11-9-19(21)5-1)27-15-25-17-30-26(18-29(25)31-27)16-28(32-30)24-12-10-20-6-2-4-8-22(20)14-24/h1-18H. The highest BCUT2D eigenvalue weighted by Crippen LogP contribution is 2.41. The summed E-state index contributed by atoms with van der Waals surface area (Å²) in [5.74, 6) is 0. The van der Waals surface area contributed by atoms with Crippen LogP contribution < -0.4 is 0 Å². The average Bonchev–Trinajstić information content (AvgIpc) is 3.45. The Labute approximate surface area is 194 Å². The summed E-state index contributed by atoms with van der Waals surface area (Å²) in [7, 11) is 0. The molecular weight excluding hydrogens is 424 g/mol. The third-order valence-electron chi connectivity index (χ3n) is 6.22. The fourth-order valence-corrected chi connectivity index (χ4v) is 6.72. The predicted molar refractivity (Wildman–Crippen MR) is 143 cm³/mol. The first-order valence-corrected chi connectivity index (χ1v) is 12.4. The summed E-state index contributed by atoms with van der Waals surface area (Å²) >= 11 is 3.77. The minimum Gasteiger partial charge on any atom is -0.135 e. The number of hydrogen-bond acceptors (Lipinski definition) is 2. The summed E-state index contributed by atoms with van der Waals surface area (Å²) in [6, 6.07) is 40.1. The highest BCUT2D eigenvalue weighted by molar-refractivity contribution is 7.23. The predicted octanol–water partition coefficient (Wildman–Crippen LogP) is 9.76. The molecule has 0 N–H and O–H groups in total. The molecule has 2 heterocycles.